The van der Waals surface area contributed by atoms with Crippen molar-refractivity contribution >= 4 is 18.0 Å². The minimum Gasteiger partial charge on any atom is -0.478 e. The lowest BCUT2D eigenvalue weighted by molar-refractivity contribution is 0.0695. The molecule has 1 aromatic rings. The molecule has 0 unspecified atom stereocenters. The summed E-state index contributed by atoms with van der Waals surface area (Å²) in [7, 11) is 0. The first kappa shape index (κ1) is 12.0. The summed E-state index contributed by atoms with van der Waals surface area (Å²) in [6.07, 6.45) is 1.99. The zero-order valence-corrected chi connectivity index (χ0v) is 8.86. The second-order valence-electron chi connectivity index (χ2n) is 3.26. The van der Waals surface area contributed by atoms with E-state index in [1.807, 2.05) is 6.92 Å². The summed E-state index contributed by atoms with van der Waals surface area (Å²) in [6.45, 7) is 5.37. The van der Waals surface area contributed by atoms with Crippen molar-refractivity contribution in [3.63, 3.8) is 0 Å². The van der Waals surface area contributed by atoms with E-state index in [2.05, 4.69) is 6.58 Å². The maximum Gasteiger partial charge on any atom is 0.336 e. The SMILES string of the molecule is C=Cc1cc(C(=O)O)cc(C(=O)O)c1CC. The summed E-state index contributed by atoms with van der Waals surface area (Å²) in [5.41, 5.74) is 1.15. The molecule has 1 aromatic carbocycles. The predicted molar refractivity (Wildman–Crippen MR) is 59.8 cm³/mol. The normalized spacial score (nSPS) is 9.81. The molecule has 84 valence electrons. The van der Waals surface area contributed by atoms with Gasteiger partial charge in [-0.25, -0.2) is 9.59 Å². The number of rotatable bonds is 4. The van der Waals surface area contributed by atoms with Crippen molar-refractivity contribution in [2.24, 2.45) is 0 Å². The molecule has 0 aromatic heterocycles. The number of benzene rings is 1. The van der Waals surface area contributed by atoms with Gasteiger partial charge in [-0.15, -0.1) is 0 Å². The third-order valence-electron chi connectivity index (χ3n) is 2.34. The zero-order valence-electron chi connectivity index (χ0n) is 8.86. The van der Waals surface area contributed by atoms with Crippen LogP contribution in [0.25, 0.3) is 6.08 Å². The topological polar surface area (TPSA) is 74.6 Å². The lowest BCUT2D eigenvalue weighted by Crippen LogP contribution is -2.08. The van der Waals surface area contributed by atoms with Crippen LogP contribution in [0.3, 0.4) is 0 Å². The van der Waals surface area contributed by atoms with Gasteiger partial charge in [-0.2, -0.15) is 0 Å². The lowest BCUT2D eigenvalue weighted by atomic mass is 9.95. The van der Waals surface area contributed by atoms with Gasteiger partial charge in [0, 0.05) is 0 Å². The maximum absolute atomic E-state index is 11.0. The Hall–Kier alpha value is -2.10. The molecule has 1 rings (SSSR count). The van der Waals surface area contributed by atoms with E-state index in [1.165, 1.54) is 18.2 Å². The lowest BCUT2D eigenvalue weighted by Gasteiger charge is -2.09. The van der Waals surface area contributed by atoms with Gasteiger partial charge in [0.2, 0.25) is 0 Å². The molecule has 0 radical (unpaired) electrons. The molecule has 0 bridgehead atoms. The fraction of sp³-hybridized carbons (Fsp3) is 0.167. The Morgan fingerprint density at radius 1 is 1.31 bits per heavy atom. The van der Waals surface area contributed by atoms with E-state index in [9.17, 15) is 9.59 Å². The molecule has 4 heteroatoms. The number of hydrogen-bond acceptors (Lipinski definition) is 2. The van der Waals surface area contributed by atoms with E-state index in [1.54, 1.807) is 0 Å². The van der Waals surface area contributed by atoms with E-state index < -0.39 is 11.9 Å². The average Bonchev–Trinajstić information content (AvgIpc) is 2.26. The zero-order chi connectivity index (χ0) is 12.3. The Bertz CT molecular complexity index is 460. The Kier molecular flexibility index (Phi) is 3.45. The van der Waals surface area contributed by atoms with Gasteiger partial charge in [-0.05, 0) is 29.7 Å². The van der Waals surface area contributed by atoms with Crippen LogP contribution in [0.5, 0.6) is 0 Å². The number of hydrogen-bond donors (Lipinski definition) is 2. The first-order valence-electron chi connectivity index (χ1n) is 4.77. The summed E-state index contributed by atoms with van der Waals surface area (Å²) in [5, 5.41) is 17.8. The first-order chi connectivity index (χ1) is 7.51. The van der Waals surface area contributed by atoms with E-state index in [4.69, 9.17) is 10.2 Å². The summed E-state index contributed by atoms with van der Waals surface area (Å²) in [5.74, 6) is -2.27. The molecule has 0 aliphatic carbocycles. The predicted octanol–water partition coefficient (Wildman–Crippen LogP) is 2.29. The highest BCUT2D eigenvalue weighted by Gasteiger charge is 2.16. The summed E-state index contributed by atoms with van der Waals surface area (Å²) < 4.78 is 0. The van der Waals surface area contributed by atoms with Gasteiger partial charge in [-0.1, -0.05) is 19.6 Å². The number of carbonyl (C=O) groups is 2. The van der Waals surface area contributed by atoms with Crippen LogP contribution < -0.4 is 0 Å². The van der Waals surface area contributed by atoms with Crippen LogP contribution >= 0.6 is 0 Å². The number of carboxylic acids is 2. The smallest absolute Gasteiger partial charge is 0.336 e. The highest BCUT2D eigenvalue weighted by atomic mass is 16.4. The Morgan fingerprint density at radius 2 is 1.94 bits per heavy atom. The molecule has 0 aliphatic heterocycles. The van der Waals surface area contributed by atoms with Crippen LogP contribution in [-0.4, -0.2) is 22.2 Å². The van der Waals surface area contributed by atoms with Crippen molar-refractivity contribution in [2.45, 2.75) is 13.3 Å². The van der Waals surface area contributed by atoms with Crippen molar-refractivity contribution < 1.29 is 19.8 Å². The van der Waals surface area contributed by atoms with Gasteiger partial charge in [-0.3, -0.25) is 0 Å². The number of aromatic carboxylic acids is 2. The summed E-state index contributed by atoms with van der Waals surface area (Å²) >= 11 is 0. The van der Waals surface area contributed by atoms with Crippen LogP contribution in [0.15, 0.2) is 18.7 Å². The monoisotopic (exact) mass is 220 g/mol. The van der Waals surface area contributed by atoms with Crippen LogP contribution in [-0.2, 0) is 6.42 Å². The van der Waals surface area contributed by atoms with Gasteiger partial charge in [0.15, 0.2) is 0 Å². The van der Waals surface area contributed by atoms with Gasteiger partial charge in [0.1, 0.15) is 0 Å². The van der Waals surface area contributed by atoms with E-state index in [0.29, 0.717) is 17.5 Å². The maximum atomic E-state index is 11.0. The van der Waals surface area contributed by atoms with Gasteiger partial charge in [0.05, 0.1) is 11.1 Å². The largest absolute Gasteiger partial charge is 0.478 e. The molecule has 0 amide bonds. The number of carboxylic acid groups (broad SMARTS) is 2. The molecule has 0 spiro atoms. The minimum absolute atomic E-state index is 0.0253. The Labute approximate surface area is 92.8 Å². The Morgan fingerprint density at radius 3 is 2.31 bits per heavy atom. The highest BCUT2D eigenvalue weighted by molar-refractivity contribution is 5.96. The molecule has 0 saturated carbocycles. The van der Waals surface area contributed by atoms with Gasteiger partial charge < -0.3 is 10.2 Å². The van der Waals surface area contributed by atoms with E-state index >= 15 is 0 Å². The fourth-order valence-corrected chi connectivity index (χ4v) is 1.59. The third kappa shape index (κ3) is 2.11. The molecule has 16 heavy (non-hydrogen) atoms. The van der Waals surface area contributed by atoms with Crippen molar-refractivity contribution in [2.75, 3.05) is 0 Å². The molecule has 4 nitrogen and oxygen atoms in total. The highest BCUT2D eigenvalue weighted by Crippen LogP contribution is 2.20. The molecule has 2 N–H and O–H groups in total. The molecular formula is C12H12O4. The molecule has 0 heterocycles. The minimum atomic E-state index is -1.15. The molecule has 0 saturated heterocycles. The second kappa shape index (κ2) is 4.61. The van der Waals surface area contributed by atoms with Crippen LogP contribution in [0, 0.1) is 0 Å². The molecule has 0 aliphatic rings. The third-order valence-corrected chi connectivity index (χ3v) is 2.34. The van der Waals surface area contributed by atoms with Crippen LogP contribution in [0.4, 0.5) is 0 Å². The molecule has 0 fully saturated rings. The average molecular weight is 220 g/mol. The Balaban J connectivity index is 3.55. The van der Waals surface area contributed by atoms with Crippen molar-refractivity contribution in [1.29, 1.82) is 0 Å². The van der Waals surface area contributed by atoms with Crippen LogP contribution in [0.1, 0.15) is 38.8 Å². The van der Waals surface area contributed by atoms with E-state index in [-0.39, 0.29) is 11.1 Å². The van der Waals surface area contributed by atoms with Crippen molar-refractivity contribution in [3.8, 4) is 0 Å². The van der Waals surface area contributed by atoms with E-state index in [0.717, 1.165) is 0 Å². The van der Waals surface area contributed by atoms with Crippen molar-refractivity contribution in [3.05, 3.63) is 41.0 Å². The van der Waals surface area contributed by atoms with Gasteiger partial charge >= 0.3 is 11.9 Å². The first-order valence-corrected chi connectivity index (χ1v) is 4.77. The van der Waals surface area contributed by atoms with Crippen LogP contribution in [0.2, 0.25) is 0 Å². The summed E-state index contributed by atoms with van der Waals surface area (Å²) in [4.78, 5) is 21.8. The fourth-order valence-electron chi connectivity index (χ4n) is 1.59. The molecule has 0 atom stereocenters. The van der Waals surface area contributed by atoms with Gasteiger partial charge in [0.25, 0.3) is 0 Å². The second-order valence-corrected chi connectivity index (χ2v) is 3.26. The molecular weight excluding hydrogens is 208 g/mol. The van der Waals surface area contributed by atoms with Crippen molar-refractivity contribution in [1.82, 2.24) is 0 Å². The quantitative estimate of drug-likeness (QED) is 0.816. The standard InChI is InChI=1S/C12H12O4/c1-3-7-5-8(11(13)14)6-10(12(15)16)9(7)4-2/h3,5-6H,1,4H2,2H3,(H,13,14)(H,15,16). The summed E-state index contributed by atoms with van der Waals surface area (Å²) in [6, 6.07) is 2.61.